The first-order valence-electron chi connectivity index (χ1n) is 10.6. The van der Waals surface area contributed by atoms with Crippen LogP contribution in [0.2, 0.25) is 0 Å². The molecule has 0 bridgehead atoms. The van der Waals surface area contributed by atoms with Crippen molar-refractivity contribution in [3.05, 3.63) is 88.5 Å². The highest BCUT2D eigenvalue weighted by atomic mass is 32.2. The highest BCUT2D eigenvalue weighted by molar-refractivity contribution is 7.89. The minimum atomic E-state index is -3.72. The van der Waals surface area contributed by atoms with Crippen LogP contribution in [0.1, 0.15) is 37.4 Å². The van der Waals surface area contributed by atoms with Crippen LogP contribution in [-0.2, 0) is 10.0 Å². The third-order valence-corrected chi connectivity index (χ3v) is 7.59. The fraction of sp³-hybridized carbons (Fsp3) is 0.231. The van der Waals surface area contributed by atoms with Gasteiger partial charge in [0, 0.05) is 32.4 Å². The van der Waals surface area contributed by atoms with Crippen molar-refractivity contribution in [2.75, 3.05) is 26.0 Å². The monoisotopic (exact) mass is 480 g/mol. The van der Waals surface area contributed by atoms with Gasteiger partial charge in [-0.1, -0.05) is 17.7 Å². The molecule has 0 spiro atoms. The maximum atomic E-state index is 12.8. The van der Waals surface area contributed by atoms with E-state index >= 15 is 0 Å². The Balaban J connectivity index is 1.79. The molecule has 3 aromatic carbocycles. The van der Waals surface area contributed by atoms with E-state index in [2.05, 4.69) is 0 Å². The average Bonchev–Trinajstić information content (AvgIpc) is 2.80. The van der Waals surface area contributed by atoms with Crippen LogP contribution in [0.25, 0.3) is 0 Å². The summed E-state index contributed by atoms with van der Waals surface area (Å²) in [5.41, 5.74) is 3.66. The quantitative estimate of drug-likeness (QED) is 0.387. The number of anilines is 1. The van der Waals surface area contributed by atoms with Crippen molar-refractivity contribution >= 4 is 27.6 Å². The maximum absolute atomic E-state index is 12.8. The van der Waals surface area contributed by atoms with Gasteiger partial charge in [0.2, 0.25) is 10.0 Å². The van der Waals surface area contributed by atoms with E-state index in [-0.39, 0.29) is 22.1 Å². The van der Waals surface area contributed by atoms with Crippen LogP contribution in [0.15, 0.2) is 65.6 Å². The molecule has 0 aliphatic rings. The lowest BCUT2D eigenvalue weighted by Gasteiger charge is -2.18. The molecular formula is C26H28N2O5S. The molecule has 0 atom stereocenters. The van der Waals surface area contributed by atoms with Crippen molar-refractivity contribution in [2.45, 2.75) is 25.7 Å². The number of hydrogen-bond donors (Lipinski definition) is 0. The van der Waals surface area contributed by atoms with Gasteiger partial charge in [-0.2, -0.15) is 0 Å². The Hall–Kier alpha value is -3.49. The third kappa shape index (κ3) is 5.18. The van der Waals surface area contributed by atoms with Crippen molar-refractivity contribution in [2.24, 2.45) is 0 Å². The van der Waals surface area contributed by atoms with E-state index in [4.69, 9.17) is 4.74 Å². The number of sulfonamides is 1. The van der Waals surface area contributed by atoms with E-state index < -0.39 is 16.0 Å². The molecule has 0 saturated heterocycles. The van der Waals surface area contributed by atoms with Crippen molar-refractivity contribution < 1.29 is 22.7 Å². The maximum Gasteiger partial charge on any atom is 0.343 e. The smallest absolute Gasteiger partial charge is 0.343 e. The summed E-state index contributed by atoms with van der Waals surface area (Å²) >= 11 is 0. The molecule has 0 N–H and O–H groups in total. The summed E-state index contributed by atoms with van der Waals surface area (Å²) in [5, 5.41) is 0. The van der Waals surface area contributed by atoms with Gasteiger partial charge in [0.1, 0.15) is 5.75 Å². The molecule has 0 aliphatic heterocycles. The standard InChI is InChI=1S/C26H28N2O5S/c1-17-7-9-20(10-8-17)25(29)28(6)22-11-13-23(14-12-22)33-26(30)21-15-18(2)19(3)24(16-21)34(31,32)27(4)5/h7-16H,1-6H3. The number of amides is 1. The molecular weight excluding hydrogens is 452 g/mol. The Morgan fingerprint density at radius 1 is 0.794 bits per heavy atom. The number of carbonyl (C=O) groups is 2. The molecule has 178 valence electrons. The summed E-state index contributed by atoms with van der Waals surface area (Å²) in [6, 6.07) is 16.8. The van der Waals surface area contributed by atoms with Crippen LogP contribution in [0.5, 0.6) is 5.75 Å². The second-order valence-electron chi connectivity index (χ2n) is 8.32. The van der Waals surface area contributed by atoms with Gasteiger partial charge in [0.25, 0.3) is 5.91 Å². The number of ether oxygens (including phenoxy) is 1. The lowest BCUT2D eigenvalue weighted by atomic mass is 10.1. The van der Waals surface area contributed by atoms with Crippen molar-refractivity contribution in [3.8, 4) is 5.75 Å². The lowest BCUT2D eigenvalue weighted by Crippen LogP contribution is -2.26. The fourth-order valence-electron chi connectivity index (χ4n) is 3.32. The molecule has 0 unspecified atom stereocenters. The summed E-state index contributed by atoms with van der Waals surface area (Å²) in [6.45, 7) is 5.41. The zero-order valence-corrected chi connectivity index (χ0v) is 20.9. The molecule has 7 nitrogen and oxygen atoms in total. The van der Waals surface area contributed by atoms with Crippen LogP contribution >= 0.6 is 0 Å². The summed E-state index contributed by atoms with van der Waals surface area (Å²) in [5.74, 6) is -0.551. The first-order chi connectivity index (χ1) is 15.9. The molecule has 0 radical (unpaired) electrons. The molecule has 0 fully saturated rings. The second-order valence-corrected chi connectivity index (χ2v) is 10.4. The zero-order chi connectivity index (χ0) is 25.2. The van der Waals surface area contributed by atoms with Crippen molar-refractivity contribution in [1.29, 1.82) is 0 Å². The average molecular weight is 481 g/mol. The zero-order valence-electron chi connectivity index (χ0n) is 20.1. The lowest BCUT2D eigenvalue weighted by molar-refractivity contribution is 0.0734. The van der Waals surface area contributed by atoms with Crippen LogP contribution in [0.4, 0.5) is 5.69 Å². The summed E-state index contributed by atoms with van der Waals surface area (Å²) < 4.78 is 31.9. The molecule has 34 heavy (non-hydrogen) atoms. The molecule has 0 saturated carbocycles. The van der Waals surface area contributed by atoms with Crippen molar-refractivity contribution in [1.82, 2.24) is 4.31 Å². The molecule has 8 heteroatoms. The second kappa shape index (κ2) is 9.79. The van der Waals surface area contributed by atoms with Crippen LogP contribution in [-0.4, -0.2) is 45.7 Å². The number of benzene rings is 3. The Bertz CT molecular complexity index is 1330. The molecule has 0 aliphatic carbocycles. The van der Waals surface area contributed by atoms with E-state index in [1.165, 1.54) is 25.1 Å². The van der Waals surface area contributed by atoms with Gasteiger partial charge in [0.05, 0.1) is 10.5 Å². The van der Waals surface area contributed by atoms with Gasteiger partial charge >= 0.3 is 5.97 Å². The number of aryl methyl sites for hydroxylation is 2. The number of nitrogens with zero attached hydrogens (tertiary/aromatic N) is 2. The third-order valence-electron chi connectivity index (χ3n) is 5.65. The normalized spacial score (nSPS) is 11.4. The van der Waals surface area contributed by atoms with Gasteiger partial charge < -0.3 is 9.64 Å². The highest BCUT2D eigenvalue weighted by Crippen LogP contribution is 2.25. The molecule has 0 heterocycles. The van der Waals surface area contributed by atoms with Crippen molar-refractivity contribution in [3.63, 3.8) is 0 Å². The van der Waals surface area contributed by atoms with E-state index in [9.17, 15) is 18.0 Å². The topological polar surface area (TPSA) is 84.0 Å². The SMILES string of the molecule is Cc1ccc(C(=O)N(C)c2ccc(OC(=O)c3cc(C)c(C)c(S(=O)(=O)N(C)C)c3)cc2)cc1. The number of esters is 1. The Labute approximate surface area is 200 Å². The summed E-state index contributed by atoms with van der Waals surface area (Å²) in [7, 11) is 0.836. The largest absolute Gasteiger partial charge is 0.423 e. The fourth-order valence-corrected chi connectivity index (χ4v) is 4.54. The Morgan fingerprint density at radius 2 is 1.38 bits per heavy atom. The molecule has 3 aromatic rings. The van der Waals surface area contributed by atoms with E-state index in [1.54, 1.807) is 63.4 Å². The minimum Gasteiger partial charge on any atom is -0.423 e. The first-order valence-corrected chi connectivity index (χ1v) is 12.1. The van der Waals surface area contributed by atoms with Crippen LogP contribution in [0.3, 0.4) is 0 Å². The predicted molar refractivity (Wildman–Crippen MR) is 132 cm³/mol. The van der Waals surface area contributed by atoms with Gasteiger partial charge in [-0.3, -0.25) is 4.79 Å². The molecule has 0 aromatic heterocycles. The molecule has 1 amide bonds. The number of carbonyl (C=O) groups excluding carboxylic acids is 2. The predicted octanol–water partition coefficient (Wildman–Crippen LogP) is 4.36. The number of hydrogen-bond acceptors (Lipinski definition) is 5. The van der Waals surface area contributed by atoms with Gasteiger partial charge in [-0.15, -0.1) is 0 Å². The Kier molecular flexibility index (Phi) is 7.24. The van der Waals surface area contributed by atoms with Crippen LogP contribution < -0.4 is 9.64 Å². The van der Waals surface area contributed by atoms with Crippen LogP contribution in [0, 0.1) is 20.8 Å². The van der Waals surface area contributed by atoms with Gasteiger partial charge in [-0.25, -0.2) is 17.5 Å². The molecule has 3 rings (SSSR count). The van der Waals surface area contributed by atoms with Gasteiger partial charge in [-0.05, 0) is 80.4 Å². The minimum absolute atomic E-state index is 0.0658. The van der Waals surface area contributed by atoms with Gasteiger partial charge in [0.15, 0.2) is 0 Å². The summed E-state index contributed by atoms with van der Waals surface area (Å²) in [6.07, 6.45) is 0. The first kappa shape index (κ1) is 25.1. The van der Waals surface area contributed by atoms with E-state index in [0.717, 1.165) is 9.87 Å². The van der Waals surface area contributed by atoms with E-state index in [1.807, 2.05) is 19.1 Å². The number of rotatable bonds is 6. The highest BCUT2D eigenvalue weighted by Gasteiger charge is 2.23. The van der Waals surface area contributed by atoms with E-state index in [0.29, 0.717) is 22.4 Å². The Morgan fingerprint density at radius 3 is 1.94 bits per heavy atom. The summed E-state index contributed by atoms with van der Waals surface area (Å²) in [4.78, 5) is 27.1.